The third-order valence-corrected chi connectivity index (χ3v) is 11.5. The van der Waals surface area contributed by atoms with Gasteiger partial charge in [-0.15, -0.1) is 0 Å². The van der Waals surface area contributed by atoms with E-state index in [1.165, 1.54) is 83.5 Å². The maximum Gasteiger partial charge on any atom is 0.472 e. The first-order valence-electron chi connectivity index (χ1n) is 22.8. The van der Waals surface area contributed by atoms with Gasteiger partial charge in [0.25, 0.3) is 0 Å². The van der Waals surface area contributed by atoms with Crippen LogP contribution >= 0.6 is 7.82 Å². The second-order valence-corrected chi connectivity index (χ2v) is 17.4. The summed E-state index contributed by atoms with van der Waals surface area (Å²) in [7, 11) is -5.12. The molecule has 0 amide bonds. The van der Waals surface area contributed by atoms with Crippen molar-refractivity contribution in [2.24, 2.45) is 0 Å². The first kappa shape index (κ1) is 55.1. The molecule has 0 aliphatic heterocycles. The Bertz CT molecular complexity index is 1180. The molecule has 8 atom stereocenters. The zero-order chi connectivity index (χ0) is 43.6. The highest BCUT2D eigenvalue weighted by molar-refractivity contribution is 7.47. The fraction of sp³-hybridized carbons (Fsp3) is 0.822. The van der Waals surface area contributed by atoms with Gasteiger partial charge in [0.2, 0.25) is 0 Å². The van der Waals surface area contributed by atoms with E-state index in [4.69, 9.17) is 18.5 Å². The fourth-order valence-corrected chi connectivity index (χ4v) is 7.85. The summed E-state index contributed by atoms with van der Waals surface area (Å²) in [6, 6.07) is 0. The van der Waals surface area contributed by atoms with Crippen LogP contribution in [-0.4, -0.2) is 98.3 Å². The number of aliphatic hydroxyl groups is 5. The predicted molar refractivity (Wildman–Crippen MR) is 230 cm³/mol. The quantitative estimate of drug-likeness (QED) is 0.0150. The second-order valence-electron chi connectivity index (χ2n) is 15.9. The Morgan fingerprint density at radius 1 is 0.542 bits per heavy atom. The van der Waals surface area contributed by atoms with Crippen LogP contribution in [-0.2, 0) is 32.7 Å². The van der Waals surface area contributed by atoms with Crippen LogP contribution in [0.25, 0.3) is 0 Å². The number of ether oxygens (including phenoxy) is 2. The van der Waals surface area contributed by atoms with Crippen molar-refractivity contribution in [1.82, 2.24) is 0 Å². The van der Waals surface area contributed by atoms with Gasteiger partial charge in [-0.1, -0.05) is 172 Å². The number of esters is 2. The van der Waals surface area contributed by atoms with Crippen molar-refractivity contribution in [1.29, 1.82) is 0 Å². The number of carbonyl (C=O) groups is 2. The minimum Gasteiger partial charge on any atom is -0.462 e. The van der Waals surface area contributed by atoms with Gasteiger partial charge in [0, 0.05) is 12.8 Å². The van der Waals surface area contributed by atoms with Crippen LogP contribution in [0.1, 0.15) is 181 Å². The number of carbonyl (C=O) groups excluding carboxylic acids is 2. The number of rotatable bonds is 37. The molecule has 1 fully saturated rings. The molecule has 0 radical (unpaired) electrons. The molecule has 59 heavy (non-hydrogen) atoms. The average Bonchev–Trinajstić information content (AvgIpc) is 3.21. The van der Waals surface area contributed by atoms with Gasteiger partial charge in [-0.05, 0) is 32.1 Å². The first-order valence-corrected chi connectivity index (χ1v) is 24.3. The second kappa shape index (κ2) is 35.6. The fourth-order valence-electron chi connectivity index (χ4n) is 6.88. The van der Waals surface area contributed by atoms with E-state index in [1.807, 2.05) is 24.3 Å². The molecular formula is C45H81O13P. The lowest BCUT2D eigenvalue weighted by atomic mass is 9.85. The van der Waals surface area contributed by atoms with Crippen molar-refractivity contribution in [3.8, 4) is 0 Å². The minimum absolute atomic E-state index is 0.0749. The lowest BCUT2D eigenvalue weighted by Gasteiger charge is -2.41. The average molecular weight is 861 g/mol. The maximum atomic E-state index is 12.8. The number of hydrogen-bond donors (Lipinski definition) is 6. The van der Waals surface area contributed by atoms with Gasteiger partial charge in [0.1, 0.15) is 43.2 Å². The van der Waals surface area contributed by atoms with E-state index in [2.05, 4.69) is 26.0 Å². The number of phosphoric ester groups is 1. The van der Waals surface area contributed by atoms with Crippen LogP contribution in [0.2, 0.25) is 0 Å². The molecule has 1 saturated carbocycles. The van der Waals surface area contributed by atoms with Crippen LogP contribution in [0.3, 0.4) is 0 Å². The molecule has 344 valence electrons. The molecule has 0 aromatic carbocycles. The molecule has 0 aromatic rings. The van der Waals surface area contributed by atoms with E-state index < -0.39 is 75.7 Å². The Hall–Kier alpha value is -1.93. The van der Waals surface area contributed by atoms with E-state index in [0.717, 1.165) is 57.8 Å². The van der Waals surface area contributed by atoms with Gasteiger partial charge in [-0.3, -0.25) is 18.6 Å². The van der Waals surface area contributed by atoms with E-state index >= 15 is 0 Å². The van der Waals surface area contributed by atoms with Gasteiger partial charge in [-0.2, -0.15) is 0 Å². The van der Waals surface area contributed by atoms with Gasteiger partial charge in [0.05, 0.1) is 6.61 Å². The largest absolute Gasteiger partial charge is 0.472 e. The molecule has 0 bridgehead atoms. The van der Waals surface area contributed by atoms with Crippen molar-refractivity contribution >= 4 is 19.8 Å². The first-order chi connectivity index (χ1) is 28.4. The summed E-state index contributed by atoms with van der Waals surface area (Å²) < 4.78 is 33.5. The Labute approximate surface area is 355 Å². The lowest BCUT2D eigenvalue weighted by Crippen LogP contribution is -2.64. The maximum absolute atomic E-state index is 12.8. The molecule has 6 N–H and O–H groups in total. The van der Waals surface area contributed by atoms with Crippen LogP contribution in [0.15, 0.2) is 36.5 Å². The van der Waals surface area contributed by atoms with Crippen molar-refractivity contribution in [3.05, 3.63) is 36.5 Å². The summed E-state index contributed by atoms with van der Waals surface area (Å²) in [6.45, 7) is 3.15. The Balaban J connectivity index is 2.45. The van der Waals surface area contributed by atoms with E-state index in [9.17, 15) is 44.6 Å². The standard InChI is InChI=1S/C45H81O13P/c1-3-5-7-9-11-13-15-17-18-19-20-22-23-25-27-29-31-33-38(46)55-35-37(36-56-59(53,54)58-45-43(51)41(49)40(48)42(50)44(45)52)57-39(47)34-32-30-28-26-24-21-16-14-12-10-8-6-4-2/h6,8,10,12,14,16,37,40-45,48-52H,3-5,7,9,11,13,15,17-36H2,1-2H3,(H,53,54)/b8-6+,12-10+,16-14+/t37?,40?,41-,42?,43?,44?,45?/m0/s1. The summed E-state index contributed by atoms with van der Waals surface area (Å²) in [4.78, 5) is 35.6. The van der Waals surface area contributed by atoms with Gasteiger partial charge >= 0.3 is 19.8 Å². The predicted octanol–water partition coefficient (Wildman–Crippen LogP) is 8.61. The summed E-state index contributed by atoms with van der Waals surface area (Å²) in [5.74, 6) is -1.12. The molecule has 1 rings (SSSR count). The van der Waals surface area contributed by atoms with E-state index in [1.54, 1.807) is 0 Å². The highest BCUT2D eigenvalue weighted by atomic mass is 31.2. The van der Waals surface area contributed by atoms with Crippen molar-refractivity contribution in [3.63, 3.8) is 0 Å². The van der Waals surface area contributed by atoms with Crippen molar-refractivity contribution in [2.45, 2.75) is 224 Å². The third kappa shape index (κ3) is 28.3. The Morgan fingerprint density at radius 2 is 0.966 bits per heavy atom. The summed E-state index contributed by atoms with van der Waals surface area (Å²) in [6.07, 6.45) is 26.3. The highest BCUT2D eigenvalue weighted by Gasteiger charge is 2.51. The number of allylic oxidation sites excluding steroid dienone is 6. The number of unbranched alkanes of at least 4 members (excludes halogenated alkanes) is 21. The molecule has 7 unspecified atom stereocenters. The third-order valence-electron chi connectivity index (χ3n) is 10.6. The zero-order valence-corrected chi connectivity index (χ0v) is 37.2. The number of hydrogen-bond acceptors (Lipinski definition) is 12. The minimum atomic E-state index is -5.12. The molecule has 0 spiro atoms. The normalized spacial score (nSPS) is 22.6. The van der Waals surface area contributed by atoms with Crippen molar-refractivity contribution in [2.75, 3.05) is 13.2 Å². The lowest BCUT2D eigenvalue weighted by molar-refractivity contribution is -0.220. The molecule has 14 heteroatoms. The van der Waals surface area contributed by atoms with Crippen LogP contribution < -0.4 is 0 Å². The number of aliphatic hydroxyl groups excluding tert-OH is 5. The SMILES string of the molecule is CC/C=C/C=C/C=C/CCCCCCCC(=O)OC(COC(=O)CCCCCCCCCCCCCCCCCCC)COP(=O)(O)OC1C(O)C(O)C(O)[C@H](O)C1O. The topological polar surface area (TPSA) is 210 Å². The van der Waals surface area contributed by atoms with E-state index in [-0.39, 0.29) is 12.8 Å². The Kier molecular flexibility index (Phi) is 33.3. The monoisotopic (exact) mass is 861 g/mol. The number of phosphoric acid groups is 1. The molecule has 1 aliphatic carbocycles. The smallest absolute Gasteiger partial charge is 0.462 e. The summed E-state index contributed by atoms with van der Waals surface area (Å²) >= 11 is 0. The summed E-state index contributed by atoms with van der Waals surface area (Å²) in [5.41, 5.74) is 0. The van der Waals surface area contributed by atoms with Gasteiger partial charge in [-0.25, -0.2) is 4.57 Å². The molecular weight excluding hydrogens is 779 g/mol. The zero-order valence-electron chi connectivity index (χ0n) is 36.3. The summed E-state index contributed by atoms with van der Waals surface area (Å²) in [5, 5.41) is 50.1. The molecule has 0 heterocycles. The van der Waals surface area contributed by atoms with Gasteiger partial charge < -0.3 is 39.9 Å². The van der Waals surface area contributed by atoms with E-state index in [0.29, 0.717) is 12.8 Å². The van der Waals surface area contributed by atoms with Crippen LogP contribution in [0.4, 0.5) is 0 Å². The molecule has 1 aliphatic rings. The molecule has 0 saturated heterocycles. The molecule has 13 nitrogen and oxygen atoms in total. The molecule has 0 aromatic heterocycles. The van der Waals surface area contributed by atoms with Gasteiger partial charge in [0.15, 0.2) is 6.10 Å². The Morgan fingerprint density at radius 3 is 1.46 bits per heavy atom. The highest BCUT2D eigenvalue weighted by Crippen LogP contribution is 2.47. The van der Waals surface area contributed by atoms with Crippen LogP contribution in [0, 0.1) is 0 Å². The van der Waals surface area contributed by atoms with Crippen LogP contribution in [0.5, 0.6) is 0 Å². The van der Waals surface area contributed by atoms with Crippen molar-refractivity contribution < 1.29 is 63.1 Å².